The van der Waals surface area contributed by atoms with Gasteiger partial charge in [-0.2, -0.15) is 0 Å². The number of fused-ring (bicyclic) bond motifs is 1. The Hall–Kier alpha value is -2.05. The van der Waals surface area contributed by atoms with E-state index in [0.29, 0.717) is 0 Å². The summed E-state index contributed by atoms with van der Waals surface area (Å²) in [6.45, 7) is -2.76. The molecule has 0 radical (unpaired) electrons. The lowest BCUT2D eigenvalue weighted by Gasteiger charge is -2.46. The van der Waals surface area contributed by atoms with Crippen molar-refractivity contribution < 1.29 is 83.9 Å². The summed E-state index contributed by atoms with van der Waals surface area (Å²) in [6, 6.07) is 1.48. The van der Waals surface area contributed by atoms with Crippen LogP contribution < -0.4 is 0 Å². The van der Waals surface area contributed by atoms with Crippen molar-refractivity contribution in [3.8, 4) is 0 Å². The van der Waals surface area contributed by atoms with Gasteiger partial charge in [-0.15, -0.1) is 0 Å². The van der Waals surface area contributed by atoms with Crippen LogP contribution in [0.1, 0.15) is 11.9 Å². The smallest absolute Gasteiger partial charge is 0.187 e. The highest BCUT2D eigenvalue weighted by atomic mass is 19.2. The van der Waals surface area contributed by atoms with Crippen molar-refractivity contribution in [1.29, 1.82) is 0 Å². The first kappa shape index (κ1) is 33.8. The van der Waals surface area contributed by atoms with Gasteiger partial charge in [0.05, 0.1) is 30.9 Å². The highest BCUT2D eigenvalue weighted by Crippen LogP contribution is 2.32. The second kappa shape index (κ2) is 13.9. The summed E-state index contributed by atoms with van der Waals surface area (Å²) in [4.78, 5) is 6.35. The normalized spacial score (nSPS) is 36.4. The summed E-state index contributed by atoms with van der Waals surface area (Å²) in [7, 11) is 0. The Kier molecular flexibility index (Phi) is 11.0. The number of aliphatic hydroxyl groups is 11. The predicted molar refractivity (Wildman–Crippen MR) is 131 cm³/mol. The maximum absolute atomic E-state index is 13.6. The van der Waals surface area contributed by atoms with E-state index in [1.807, 2.05) is 0 Å². The lowest BCUT2D eigenvalue weighted by molar-refractivity contribution is -0.368. The van der Waals surface area contributed by atoms with E-state index in [9.17, 15) is 65.0 Å². The van der Waals surface area contributed by atoms with Crippen LogP contribution in [-0.2, 0) is 18.9 Å². The predicted octanol–water partition coefficient (Wildman–Crippen LogP) is -5.40. The third-order valence-corrected chi connectivity index (χ3v) is 7.30. The number of aromatic amines is 1. The van der Waals surface area contributed by atoms with Gasteiger partial charge in [-0.3, -0.25) is 0 Å². The van der Waals surface area contributed by atoms with Gasteiger partial charge in [0.25, 0.3) is 0 Å². The van der Waals surface area contributed by atoms with Gasteiger partial charge in [-0.1, -0.05) is 0 Å². The quantitative estimate of drug-likeness (QED) is 0.111. The maximum atomic E-state index is 13.6. The van der Waals surface area contributed by atoms with Gasteiger partial charge in [0.15, 0.2) is 24.2 Å². The Morgan fingerprint density at radius 1 is 0.814 bits per heavy atom. The van der Waals surface area contributed by atoms with Crippen LogP contribution in [0.3, 0.4) is 0 Å². The van der Waals surface area contributed by atoms with Gasteiger partial charge >= 0.3 is 0 Å². The number of ether oxygens (including phenoxy) is 4. The second-order valence-electron chi connectivity index (χ2n) is 10.2. The standard InChI is InChI=1S/C24H34F2N2O15/c25-6-1-8-9(2-7(6)26)28-22(27-8)17(37)15(35)20(10(32)3-29)42-24-19(39)16(36)21(12(5-31)41-24)43-23-18(38)14(34)13(33)11(4-30)40-23/h1-2,10-21,23-24,29-39H,3-5H2,(H,27,28)/t10?,11?,12?,13?,14?,15?,16?,17-,18?,19?,20?,21?,23?,24?/m0/s1. The van der Waals surface area contributed by atoms with Gasteiger partial charge < -0.3 is 80.1 Å². The fourth-order valence-electron chi connectivity index (χ4n) is 4.83. The molecular formula is C24H34F2N2O15. The number of benzene rings is 1. The van der Waals surface area contributed by atoms with Crippen molar-refractivity contribution in [3.63, 3.8) is 0 Å². The summed E-state index contributed by atoms with van der Waals surface area (Å²) in [5.74, 6) is -2.87. The molecule has 43 heavy (non-hydrogen) atoms. The number of imidazole rings is 1. The summed E-state index contributed by atoms with van der Waals surface area (Å²) < 4.78 is 48.7. The Labute approximate surface area is 240 Å². The molecule has 0 spiro atoms. The summed E-state index contributed by atoms with van der Waals surface area (Å²) in [5.41, 5.74) is -0.170. The van der Waals surface area contributed by atoms with Crippen LogP contribution in [-0.4, -0.2) is 166 Å². The van der Waals surface area contributed by atoms with Crippen molar-refractivity contribution in [1.82, 2.24) is 9.97 Å². The molecule has 4 rings (SSSR count). The molecule has 244 valence electrons. The Morgan fingerprint density at radius 3 is 2.05 bits per heavy atom. The Bertz CT molecular complexity index is 1170. The molecule has 0 bridgehead atoms. The molecule has 2 aromatic rings. The molecule has 1 aromatic carbocycles. The van der Waals surface area contributed by atoms with Crippen molar-refractivity contribution >= 4 is 11.0 Å². The third kappa shape index (κ3) is 6.81. The minimum atomic E-state index is -2.15. The van der Waals surface area contributed by atoms with Crippen LogP contribution in [0.5, 0.6) is 0 Å². The van der Waals surface area contributed by atoms with E-state index in [1.165, 1.54) is 0 Å². The Morgan fingerprint density at radius 2 is 1.42 bits per heavy atom. The number of hydrogen-bond donors (Lipinski definition) is 12. The lowest BCUT2D eigenvalue weighted by atomic mass is 9.96. The van der Waals surface area contributed by atoms with Crippen molar-refractivity contribution in [2.24, 2.45) is 0 Å². The minimum Gasteiger partial charge on any atom is -0.394 e. The number of H-pyrrole nitrogens is 1. The van der Waals surface area contributed by atoms with Crippen LogP contribution in [0.2, 0.25) is 0 Å². The zero-order valence-electron chi connectivity index (χ0n) is 22.1. The van der Waals surface area contributed by atoms with Crippen molar-refractivity contribution in [3.05, 3.63) is 29.6 Å². The molecule has 2 fully saturated rings. The largest absolute Gasteiger partial charge is 0.394 e. The van der Waals surface area contributed by atoms with E-state index in [4.69, 9.17) is 18.9 Å². The van der Waals surface area contributed by atoms with Gasteiger partial charge in [0.2, 0.25) is 0 Å². The van der Waals surface area contributed by atoms with E-state index < -0.39 is 123 Å². The molecule has 1 aromatic heterocycles. The number of rotatable bonds is 11. The van der Waals surface area contributed by atoms with Crippen LogP contribution in [0.15, 0.2) is 12.1 Å². The molecule has 12 N–H and O–H groups in total. The second-order valence-corrected chi connectivity index (χ2v) is 10.2. The van der Waals surface area contributed by atoms with E-state index >= 15 is 0 Å². The van der Waals surface area contributed by atoms with Crippen LogP contribution in [0.25, 0.3) is 11.0 Å². The molecule has 14 atom stereocenters. The van der Waals surface area contributed by atoms with Crippen LogP contribution in [0, 0.1) is 11.6 Å². The number of aromatic nitrogens is 2. The molecule has 0 aliphatic carbocycles. The molecule has 19 heteroatoms. The summed E-state index contributed by atoms with van der Waals surface area (Å²) >= 11 is 0. The summed E-state index contributed by atoms with van der Waals surface area (Å²) in [6.07, 6.45) is -26.0. The molecule has 0 amide bonds. The number of nitrogens with one attached hydrogen (secondary N) is 1. The number of hydrogen-bond acceptors (Lipinski definition) is 16. The molecule has 17 nitrogen and oxygen atoms in total. The average molecular weight is 629 g/mol. The molecule has 2 aliphatic rings. The highest BCUT2D eigenvalue weighted by molar-refractivity contribution is 5.75. The van der Waals surface area contributed by atoms with E-state index in [-0.39, 0.29) is 11.0 Å². The first-order valence-electron chi connectivity index (χ1n) is 13.1. The zero-order valence-corrected chi connectivity index (χ0v) is 22.1. The molecule has 2 saturated heterocycles. The van der Waals surface area contributed by atoms with E-state index in [2.05, 4.69) is 9.97 Å². The fraction of sp³-hybridized carbons (Fsp3) is 0.708. The Balaban J connectivity index is 1.50. The summed E-state index contributed by atoms with van der Waals surface area (Å²) in [5, 5.41) is 112. The molecule has 3 heterocycles. The molecule has 2 aliphatic heterocycles. The van der Waals surface area contributed by atoms with Gasteiger partial charge in [0, 0.05) is 12.1 Å². The van der Waals surface area contributed by atoms with Gasteiger partial charge in [0.1, 0.15) is 79.1 Å². The van der Waals surface area contributed by atoms with Crippen molar-refractivity contribution in [2.75, 3.05) is 19.8 Å². The topological polar surface area (TPSA) is 288 Å². The number of nitrogens with zero attached hydrogens (tertiary/aromatic N) is 1. The molecule has 0 saturated carbocycles. The van der Waals surface area contributed by atoms with Crippen LogP contribution in [0.4, 0.5) is 8.78 Å². The number of aliphatic hydroxyl groups excluding tert-OH is 11. The first-order chi connectivity index (χ1) is 20.3. The molecule has 13 unspecified atom stereocenters. The highest BCUT2D eigenvalue weighted by Gasteiger charge is 2.52. The van der Waals surface area contributed by atoms with Crippen molar-refractivity contribution in [2.45, 2.75) is 85.8 Å². The molecular weight excluding hydrogens is 594 g/mol. The zero-order chi connectivity index (χ0) is 31.7. The maximum Gasteiger partial charge on any atom is 0.187 e. The number of halogens is 2. The monoisotopic (exact) mass is 628 g/mol. The fourth-order valence-corrected chi connectivity index (χ4v) is 4.83. The van der Waals surface area contributed by atoms with Gasteiger partial charge in [-0.05, 0) is 0 Å². The van der Waals surface area contributed by atoms with E-state index in [1.54, 1.807) is 0 Å². The third-order valence-electron chi connectivity index (χ3n) is 7.30. The average Bonchev–Trinajstić information content (AvgIpc) is 3.40. The minimum absolute atomic E-state index is 0.0503. The van der Waals surface area contributed by atoms with Gasteiger partial charge in [-0.25, -0.2) is 13.8 Å². The lowest BCUT2D eigenvalue weighted by Crippen LogP contribution is -2.65. The first-order valence-corrected chi connectivity index (χ1v) is 13.1. The van der Waals surface area contributed by atoms with E-state index in [0.717, 1.165) is 12.1 Å². The van der Waals surface area contributed by atoms with Crippen LogP contribution >= 0.6 is 0 Å². The SMILES string of the molecule is OCC(O)C(OC1OC(CO)C(OC2OC(CO)C(O)C(O)C2O)C(O)C1O)C(O)[C@H](O)c1nc2cc(F)c(F)cc2[nH]1.